The Hall–Kier alpha value is -1.52. The van der Waals surface area contributed by atoms with Crippen LogP contribution in [-0.4, -0.2) is 35.1 Å². The van der Waals surface area contributed by atoms with Crippen molar-refractivity contribution in [2.24, 2.45) is 0 Å². The molecule has 124 valence electrons. The van der Waals surface area contributed by atoms with Crippen molar-refractivity contribution in [3.8, 4) is 0 Å². The maximum Gasteiger partial charge on any atom is 0.332 e. The summed E-state index contributed by atoms with van der Waals surface area (Å²) in [5.41, 5.74) is 2.03. The number of rotatable bonds is 2. The average molecular weight is 339 g/mol. The lowest BCUT2D eigenvalue weighted by Crippen LogP contribution is -2.48. The van der Waals surface area contributed by atoms with Crippen LogP contribution in [0.2, 0.25) is 0 Å². The van der Waals surface area contributed by atoms with Crippen molar-refractivity contribution in [2.45, 2.75) is 55.2 Å². The van der Waals surface area contributed by atoms with E-state index in [-0.39, 0.29) is 11.6 Å². The number of fused-ring (bicyclic) bond motifs is 3. The van der Waals surface area contributed by atoms with Crippen molar-refractivity contribution < 1.29 is 9.53 Å². The highest BCUT2D eigenvalue weighted by atomic mass is 32.2. The van der Waals surface area contributed by atoms with E-state index >= 15 is 0 Å². The number of piperidine rings is 1. The number of esters is 1. The molecule has 0 saturated carbocycles. The number of hydrogen-bond acceptors (Lipinski definition) is 4. The molecular formula is C20H21NO2S. The molecule has 0 radical (unpaired) electrons. The molecule has 3 nitrogen and oxygen atoms in total. The van der Waals surface area contributed by atoms with E-state index in [2.05, 4.69) is 42.2 Å². The monoisotopic (exact) mass is 339 g/mol. The Bertz CT molecular complexity index is 766. The van der Waals surface area contributed by atoms with Crippen LogP contribution in [0.25, 0.3) is 0 Å². The van der Waals surface area contributed by atoms with E-state index in [4.69, 9.17) is 4.74 Å². The molecule has 4 aliphatic rings. The Labute approximate surface area is 146 Å². The normalized spacial score (nSPS) is 34.3. The van der Waals surface area contributed by atoms with Crippen LogP contribution in [0.4, 0.5) is 0 Å². The van der Waals surface area contributed by atoms with Gasteiger partial charge in [0, 0.05) is 33.9 Å². The summed E-state index contributed by atoms with van der Waals surface area (Å²) in [4.78, 5) is 17.3. The predicted octanol–water partition coefficient (Wildman–Crippen LogP) is 3.83. The second-order valence-electron chi connectivity index (χ2n) is 7.34. The van der Waals surface area contributed by atoms with Gasteiger partial charge in [-0.15, -0.1) is 0 Å². The zero-order chi connectivity index (χ0) is 16.3. The SMILES string of the molecule is Cc1ccc(SC2=CC3=CC(=O)O[C@@]34C[C@@H]2N2CCCC[C@@H]24)cc1. The highest BCUT2D eigenvalue weighted by Gasteiger charge is 2.61. The highest BCUT2D eigenvalue weighted by Crippen LogP contribution is 2.55. The molecule has 1 aromatic carbocycles. The molecule has 3 aliphatic heterocycles. The Morgan fingerprint density at radius 3 is 2.88 bits per heavy atom. The minimum Gasteiger partial charge on any atom is -0.449 e. The van der Waals surface area contributed by atoms with Gasteiger partial charge in [-0.25, -0.2) is 4.79 Å². The molecule has 0 amide bonds. The molecular weight excluding hydrogens is 318 g/mol. The van der Waals surface area contributed by atoms with Crippen LogP contribution in [0.5, 0.6) is 0 Å². The molecule has 1 spiro atoms. The van der Waals surface area contributed by atoms with Crippen LogP contribution in [0.3, 0.4) is 0 Å². The number of carbonyl (C=O) groups is 1. The summed E-state index contributed by atoms with van der Waals surface area (Å²) in [6.07, 6.45) is 8.52. The smallest absolute Gasteiger partial charge is 0.332 e. The lowest BCUT2D eigenvalue weighted by molar-refractivity contribution is -0.148. The molecule has 1 aliphatic carbocycles. The third-order valence-electron chi connectivity index (χ3n) is 5.91. The van der Waals surface area contributed by atoms with Gasteiger partial charge in [-0.1, -0.05) is 35.9 Å². The van der Waals surface area contributed by atoms with Crippen LogP contribution in [0, 0.1) is 6.92 Å². The Kier molecular flexibility index (Phi) is 3.23. The minimum atomic E-state index is -0.362. The molecule has 2 saturated heterocycles. The lowest BCUT2D eigenvalue weighted by Gasteiger charge is -2.37. The maximum atomic E-state index is 12.0. The number of ether oxygens (including phenoxy) is 1. The summed E-state index contributed by atoms with van der Waals surface area (Å²) < 4.78 is 5.90. The molecule has 3 heterocycles. The zero-order valence-electron chi connectivity index (χ0n) is 13.8. The first-order valence-corrected chi connectivity index (χ1v) is 9.64. The predicted molar refractivity (Wildman–Crippen MR) is 94.8 cm³/mol. The van der Waals surface area contributed by atoms with Crippen molar-refractivity contribution >= 4 is 17.7 Å². The van der Waals surface area contributed by atoms with E-state index in [9.17, 15) is 4.79 Å². The van der Waals surface area contributed by atoms with Crippen LogP contribution < -0.4 is 0 Å². The van der Waals surface area contributed by atoms with Crippen molar-refractivity contribution in [2.75, 3.05) is 6.54 Å². The Balaban J connectivity index is 1.54. The number of hydrogen-bond donors (Lipinski definition) is 0. The number of thioether (sulfide) groups is 1. The summed E-state index contributed by atoms with van der Waals surface area (Å²) in [6, 6.07) is 9.46. The number of benzene rings is 1. The third-order valence-corrected chi connectivity index (χ3v) is 7.04. The fourth-order valence-electron chi connectivity index (χ4n) is 4.82. The lowest BCUT2D eigenvalue weighted by atomic mass is 9.80. The summed E-state index contributed by atoms with van der Waals surface area (Å²) in [5, 5.41) is 0. The molecule has 4 heteroatoms. The van der Waals surface area contributed by atoms with Crippen LogP contribution in [0.1, 0.15) is 31.2 Å². The molecule has 0 N–H and O–H groups in total. The van der Waals surface area contributed by atoms with E-state index in [1.807, 2.05) is 11.8 Å². The summed E-state index contributed by atoms with van der Waals surface area (Å²) >= 11 is 1.85. The molecule has 24 heavy (non-hydrogen) atoms. The molecule has 0 aromatic heterocycles. The number of carbonyl (C=O) groups excluding carboxylic acids is 1. The van der Waals surface area contributed by atoms with Gasteiger partial charge < -0.3 is 4.74 Å². The minimum absolute atomic E-state index is 0.158. The zero-order valence-corrected chi connectivity index (χ0v) is 14.6. The summed E-state index contributed by atoms with van der Waals surface area (Å²) in [7, 11) is 0. The van der Waals surface area contributed by atoms with Crippen molar-refractivity contribution in [3.05, 3.63) is 52.5 Å². The maximum absolute atomic E-state index is 12.0. The van der Waals surface area contributed by atoms with Crippen LogP contribution in [-0.2, 0) is 9.53 Å². The second-order valence-corrected chi connectivity index (χ2v) is 8.49. The Morgan fingerprint density at radius 2 is 2.04 bits per heavy atom. The molecule has 1 aromatic rings. The number of aryl methyl sites for hydroxylation is 1. The topological polar surface area (TPSA) is 29.5 Å². The summed E-state index contributed by atoms with van der Waals surface area (Å²) in [5.74, 6) is -0.158. The van der Waals surface area contributed by atoms with Crippen LogP contribution in [0.15, 0.2) is 51.8 Å². The fourth-order valence-corrected chi connectivity index (χ4v) is 5.91. The molecule has 3 atom stereocenters. The van der Waals surface area contributed by atoms with Gasteiger partial charge in [0.05, 0.1) is 6.04 Å². The van der Waals surface area contributed by atoms with Gasteiger partial charge in [-0.2, -0.15) is 0 Å². The van der Waals surface area contributed by atoms with E-state index < -0.39 is 0 Å². The van der Waals surface area contributed by atoms with Crippen molar-refractivity contribution in [1.82, 2.24) is 4.90 Å². The van der Waals surface area contributed by atoms with Gasteiger partial charge in [-0.3, -0.25) is 4.90 Å². The standard InChI is InChI=1S/C20H21NO2S/c1-13-5-7-15(8-6-13)24-17-10-14-11-19(22)23-20(14)12-16(17)21-9-3-2-4-18(20)21/h5-8,10-11,16,18H,2-4,9,12H2,1H3/t16-,18+,20-/m0/s1. The first kappa shape index (κ1) is 14.8. The molecule has 0 unspecified atom stereocenters. The summed E-state index contributed by atoms with van der Waals surface area (Å²) in [6.45, 7) is 3.23. The first-order chi connectivity index (χ1) is 11.7. The third kappa shape index (κ3) is 2.06. The van der Waals surface area contributed by atoms with Gasteiger partial charge >= 0.3 is 5.97 Å². The van der Waals surface area contributed by atoms with E-state index in [0.717, 1.165) is 25.0 Å². The van der Waals surface area contributed by atoms with E-state index in [0.29, 0.717) is 12.1 Å². The second kappa shape index (κ2) is 5.24. The van der Waals surface area contributed by atoms with Crippen molar-refractivity contribution in [1.29, 1.82) is 0 Å². The molecule has 2 bridgehead atoms. The van der Waals surface area contributed by atoms with Gasteiger partial charge in [0.15, 0.2) is 5.60 Å². The van der Waals surface area contributed by atoms with Crippen LogP contribution >= 0.6 is 11.8 Å². The van der Waals surface area contributed by atoms with Gasteiger partial charge in [-0.05, 0) is 44.5 Å². The molecule has 2 fully saturated rings. The van der Waals surface area contributed by atoms with Crippen molar-refractivity contribution in [3.63, 3.8) is 0 Å². The quantitative estimate of drug-likeness (QED) is 0.766. The first-order valence-electron chi connectivity index (χ1n) is 8.83. The van der Waals surface area contributed by atoms with Gasteiger partial charge in [0.25, 0.3) is 0 Å². The average Bonchev–Trinajstić information content (AvgIpc) is 3.06. The van der Waals surface area contributed by atoms with E-state index in [1.54, 1.807) is 6.08 Å². The number of nitrogens with zero attached hydrogens (tertiary/aromatic N) is 1. The Morgan fingerprint density at radius 1 is 1.21 bits per heavy atom. The van der Waals surface area contributed by atoms with E-state index in [1.165, 1.54) is 28.2 Å². The van der Waals surface area contributed by atoms with Gasteiger partial charge in [0.1, 0.15) is 0 Å². The fraction of sp³-hybridized carbons (Fsp3) is 0.450. The largest absolute Gasteiger partial charge is 0.449 e. The van der Waals surface area contributed by atoms with Gasteiger partial charge in [0.2, 0.25) is 0 Å². The molecule has 5 rings (SSSR count). The highest BCUT2D eigenvalue weighted by molar-refractivity contribution is 8.03.